The highest BCUT2D eigenvalue weighted by atomic mass is 35.5. The molecule has 9 heteroatoms. The molecule has 0 N–H and O–H groups in total. The standard InChI is InChI=1S/C32H33Cl2F2N3O2/c1-21-38(3)30-11-9-25(36)19-27(30)32(41-21)13-16-39(17-14-32)15-12-26(23-6-10-28(33)29(34)18-23)31(40)37(2)20-22-4-7-24(35)8-5-22/h4-11,18-19,26H,1,12-17,20H2,2-3H3. The van der Waals surface area contributed by atoms with Crippen molar-refractivity contribution in [3.63, 3.8) is 0 Å². The third-order valence-electron chi connectivity index (χ3n) is 8.25. The summed E-state index contributed by atoms with van der Waals surface area (Å²) in [7, 11) is 3.62. The number of hydrogen-bond acceptors (Lipinski definition) is 4. The Kier molecular flexibility index (Phi) is 8.60. The number of nitrogens with zero attached hydrogens (tertiary/aromatic N) is 3. The van der Waals surface area contributed by atoms with Gasteiger partial charge in [0.2, 0.25) is 5.91 Å². The van der Waals surface area contributed by atoms with Gasteiger partial charge in [-0.05, 0) is 73.1 Å². The summed E-state index contributed by atoms with van der Waals surface area (Å²) in [6.07, 6.45) is 1.91. The fourth-order valence-corrected chi connectivity index (χ4v) is 6.15. The van der Waals surface area contributed by atoms with E-state index in [0.717, 1.165) is 35.5 Å². The Hall–Kier alpha value is -3.13. The first-order chi connectivity index (χ1) is 19.6. The Morgan fingerprint density at radius 3 is 2.39 bits per heavy atom. The zero-order valence-electron chi connectivity index (χ0n) is 23.2. The molecule has 5 rings (SSSR count). The van der Waals surface area contributed by atoms with Crippen LogP contribution in [0.25, 0.3) is 0 Å². The first-order valence-electron chi connectivity index (χ1n) is 13.6. The highest BCUT2D eigenvalue weighted by molar-refractivity contribution is 6.42. The second-order valence-corrected chi connectivity index (χ2v) is 11.7. The minimum Gasteiger partial charge on any atom is -0.468 e. The second-order valence-electron chi connectivity index (χ2n) is 10.9. The van der Waals surface area contributed by atoms with Crippen molar-refractivity contribution in [2.75, 3.05) is 38.6 Å². The number of carbonyl (C=O) groups is 1. The molecule has 2 aliphatic rings. The number of hydrogen-bond donors (Lipinski definition) is 0. The van der Waals surface area contributed by atoms with Crippen LogP contribution in [0.5, 0.6) is 0 Å². The van der Waals surface area contributed by atoms with Crippen molar-refractivity contribution in [1.82, 2.24) is 9.80 Å². The Balaban J connectivity index is 1.30. The molecule has 1 unspecified atom stereocenters. The molecular formula is C32H33Cl2F2N3O2. The predicted molar refractivity (Wildman–Crippen MR) is 159 cm³/mol. The van der Waals surface area contributed by atoms with E-state index in [2.05, 4.69) is 11.5 Å². The van der Waals surface area contributed by atoms with Gasteiger partial charge < -0.3 is 19.4 Å². The Labute approximate surface area is 249 Å². The molecule has 1 amide bonds. The van der Waals surface area contributed by atoms with E-state index in [4.69, 9.17) is 27.9 Å². The topological polar surface area (TPSA) is 36.0 Å². The van der Waals surface area contributed by atoms with Gasteiger partial charge in [-0.25, -0.2) is 8.78 Å². The van der Waals surface area contributed by atoms with Gasteiger partial charge in [0.1, 0.15) is 17.2 Å². The van der Waals surface area contributed by atoms with Gasteiger partial charge in [0.15, 0.2) is 5.88 Å². The third-order valence-corrected chi connectivity index (χ3v) is 8.99. The summed E-state index contributed by atoms with van der Waals surface area (Å²) in [5.74, 6) is -0.557. The van der Waals surface area contributed by atoms with Crippen LogP contribution < -0.4 is 4.90 Å². The van der Waals surface area contributed by atoms with Gasteiger partial charge in [0.05, 0.1) is 21.7 Å². The largest absolute Gasteiger partial charge is 0.468 e. The van der Waals surface area contributed by atoms with Gasteiger partial charge in [-0.15, -0.1) is 0 Å². The maximum Gasteiger partial charge on any atom is 0.230 e. The molecule has 3 aromatic rings. The first-order valence-corrected chi connectivity index (χ1v) is 14.4. The van der Waals surface area contributed by atoms with Gasteiger partial charge in [0.25, 0.3) is 0 Å². The number of likely N-dealkylation sites (tertiary alicyclic amines) is 1. The van der Waals surface area contributed by atoms with E-state index in [1.807, 2.05) is 18.0 Å². The summed E-state index contributed by atoms with van der Waals surface area (Å²) < 4.78 is 34.0. The Morgan fingerprint density at radius 1 is 1.02 bits per heavy atom. The zero-order valence-corrected chi connectivity index (χ0v) is 24.7. The monoisotopic (exact) mass is 599 g/mol. The van der Waals surface area contributed by atoms with Crippen LogP contribution in [-0.4, -0.2) is 49.4 Å². The van der Waals surface area contributed by atoms with Crippen molar-refractivity contribution < 1.29 is 18.3 Å². The molecule has 41 heavy (non-hydrogen) atoms. The first kappa shape index (κ1) is 29.4. The Morgan fingerprint density at radius 2 is 1.71 bits per heavy atom. The van der Waals surface area contributed by atoms with Gasteiger partial charge in [-0.2, -0.15) is 0 Å². The quantitative estimate of drug-likeness (QED) is 0.285. The number of benzene rings is 3. The van der Waals surface area contributed by atoms with E-state index in [9.17, 15) is 13.6 Å². The van der Waals surface area contributed by atoms with E-state index < -0.39 is 11.5 Å². The average Bonchev–Trinajstić information content (AvgIpc) is 2.96. The van der Waals surface area contributed by atoms with Crippen molar-refractivity contribution >= 4 is 34.8 Å². The third kappa shape index (κ3) is 6.22. The summed E-state index contributed by atoms with van der Waals surface area (Å²) in [6.45, 7) is 6.55. The molecule has 5 nitrogen and oxygen atoms in total. The van der Waals surface area contributed by atoms with E-state index >= 15 is 0 Å². The van der Waals surface area contributed by atoms with Crippen LogP contribution in [0.4, 0.5) is 14.5 Å². The van der Waals surface area contributed by atoms with Gasteiger partial charge in [-0.1, -0.05) is 41.4 Å². The van der Waals surface area contributed by atoms with Crippen LogP contribution in [0.2, 0.25) is 10.0 Å². The molecule has 2 aliphatic heterocycles. The van der Waals surface area contributed by atoms with Crippen LogP contribution in [0.3, 0.4) is 0 Å². The molecule has 0 radical (unpaired) electrons. The second kappa shape index (κ2) is 12.0. The predicted octanol–water partition coefficient (Wildman–Crippen LogP) is 7.33. The summed E-state index contributed by atoms with van der Waals surface area (Å²) in [5, 5.41) is 0.827. The van der Waals surface area contributed by atoms with E-state index in [1.54, 1.807) is 48.3 Å². The molecule has 3 aromatic carbocycles. The average molecular weight is 601 g/mol. The number of ether oxygens (including phenoxy) is 1. The van der Waals surface area contributed by atoms with Crippen molar-refractivity contribution in [3.05, 3.63) is 111 Å². The number of rotatable bonds is 7. The number of anilines is 1. The number of carbonyl (C=O) groups excluding carboxylic acids is 1. The molecule has 0 aromatic heterocycles. The van der Waals surface area contributed by atoms with Crippen molar-refractivity contribution in [1.29, 1.82) is 0 Å². The molecule has 1 atom stereocenters. The van der Waals surface area contributed by atoms with Crippen molar-refractivity contribution in [2.24, 2.45) is 0 Å². The minimum atomic E-state index is -0.633. The summed E-state index contributed by atoms with van der Waals surface area (Å²) in [6, 6.07) is 16.3. The number of amides is 1. The molecular weight excluding hydrogens is 567 g/mol. The smallest absolute Gasteiger partial charge is 0.230 e. The molecule has 0 aliphatic carbocycles. The van der Waals surface area contributed by atoms with Gasteiger partial charge in [-0.3, -0.25) is 4.79 Å². The lowest BCUT2D eigenvalue weighted by molar-refractivity contribution is -0.132. The maximum atomic E-state index is 14.3. The van der Waals surface area contributed by atoms with Crippen LogP contribution in [0.15, 0.2) is 73.1 Å². The zero-order chi connectivity index (χ0) is 29.3. The Bertz CT molecular complexity index is 1440. The molecule has 1 saturated heterocycles. The molecule has 0 bridgehead atoms. The summed E-state index contributed by atoms with van der Waals surface area (Å²) in [4.78, 5) is 19.6. The van der Waals surface area contributed by atoms with Crippen LogP contribution in [0, 0.1) is 11.6 Å². The molecule has 1 spiro atoms. The molecule has 0 saturated carbocycles. The van der Waals surface area contributed by atoms with Crippen LogP contribution >= 0.6 is 23.2 Å². The highest BCUT2D eigenvalue weighted by Crippen LogP contribution is 2.47. The number of likely N-dealkylation sites (N-methyl/N-ethyl adjacent to an activating group) is 1. The summed E-state index contributed by atoms with van der Waals surface area (Å²) in [5.41, 5.74) is 2.76. The lowest BCUT2D eigenvalue weighted by atomic mass is 9.81. The number of piperidine rings is 1. The van der Waals surface area contributed by atoms with E-state index in [0.29, 0.717) is 48.3 Å². The highest BCUT2D eigenvalue weighted by Gasteiger charge is 2.44. The van der Waals surface area contributed by atoms with Crippen molar-refractivity contribution in [3.8, 4) is 0 Å². The summed E-state index contributed by atoms with van der Waals surface area (Å²) >= 11 is 12.5. The molecule has 2 heterocycles. The van der Waals surface area contributed by atoms with Crippen LogP contribution in [0.1, 0.15) is 41.9 Å². The molecule has 1 fully saturated rings. The number of halogens is 4. The van der Waals surface area contributed by atoms with E-state index in [1.165, 1.54) is 18.2 Å². The lowest BCUT2D eigenvalue weighted by Gasteiger charge is -2.48. The van der Waals surface area contributed by atoms with Gasteiger partial charge in [0, 0.05) is 52.1 Å². The van der Waals surface area contributed by atoms with E-state index in [-0.39, 0.29) is 17.5 Å². The maximum absolute atomic E-state index is 14.3. The minimum absolute atomic E-state index is 0.0550. The fraction of sp³-hybridized carbons (Fsp3) is 0.344. The number of fused-ring (bicyclic) bond motifs is 2. The normalized spacial score (nSPS) is 17.2. The SMILES string of the molecule is C=C1OC2(CCN(CCC(C(=O)N(C)Cc3ccc(F)cc3)c3ccc(Cl)c(Cl)c3)CC2)c2cc(F)ccc2N1C. The lowest BCUT2D eigenvalue weighted by Crippen LogP contribution is -2.48. The molecule has 216 valence electrons. The van der Waals surface area contributed by atoms with Gasteiger partial charge >= 0.3 is 0 Å². The van der Waals surface area contributed by atoms with Crippen LogP contribution in [-0.2, 0) is 21.7 Å². The van der Waals surface area contributed by atoms with Crippen molar-refractivity contribution in [2.45, 2.75) is 37.3 Å². The fourth-order valence-electron chi connectivity index (χ4n) is 5.84.